The van der Waals surface area contributed by atoms with Gasteiger partial charge in [-0.25, -0.2) is 0 Å². The molecular formula is C14H23N3. The van der Waals surface area contributed by atoms with Gasteiger partial charge in [-0.05, 0) is 31.2 Å². The molecule has 1 aromatic carbocycles. The minimum atomic E-state index is 0.625. The van der Waals surface area contributed by atoms with Crippen LogP contribution in [0, 0.1) is 0 Å². The molecule has 2 N–H and O–H groups in total. The summed E-state index contributed by atoms with van der Waals surface area (Å²) in [5, 5.41) is 0. The van der Waals surface area contributed by atoms with E-state index in [1.54, 1.807) is 0 Å². The fourth-order valence-electron chi connectivity index (χ4n) is 2.54. The third kappa shape index (κ3) is 2.79. The summed E-state index contributed by atoms with van der Waals surface area (Å²) in [7, 11) is 0. The average Bonchev–Trinajstić information content (AvgIpc) is 2.39. The van der Waals surface area contributed by atoms with Crippen LogP contribution in [-0.4, -0.2) is 37.1 Å². The fourth-order valence-corrected chi connectivity index (χ4v) is 2.54. The molecule has 1 saturated heterocycles. The van der Waals surface area contributed by atoms with Crippen molar-refractivity contribution in [2.75, 3.05) is 31.1 Å². The molecule has 94 valence electrons. The lowest BCUT2D eigenvalue weighted by molar-refractivity contribution is 0.199. The molecule has 1 fully saturated rings. The molecular weight excluding hydrogens is 210 g/mol. The largest absolute Gasteiger partial charge is 0.369 e. The van der Waals surface area contributed by atoms with Gasteiger partial charge < -0.3 is 10.6 Å². The first-order chi connectivity index (χ1) is 8.24. The molecule has 3 nitrogen and oxygen atoms in total. The van der Waals surface area contributed by atoms with Gasteiger partial charge in [0.15, 0.2) is 0 Å². The molecule has 0 aromatic heterocycles. The van der Waals surface area contributed by atoms with Crippen LogP contribution in [0.1, 0.15) is 19.4 Å². The molecule has 17 heavy (non-hydrogen) atoms. The first kappa shape index (κ1) is 12.4. The number of hydrogen-bond donors (Lipinski definition) is 1. The van der Waals surface area contributed by atoms with Crippen molar-refractivity contribution in [1.29, 1.82) is 0 Å². The van der Waals surface area contributed by atoms with Crippen molar-refractivity contribution in [3.05, 3.63) is 29.8 Å². The van der Waals surface area contributed by atoms with E-state index in [9.17, 15) is 0 Å². The first-order valence-corrected chi connectivity index (χ1v) is 6.52. The zero-order valence-corrected chi connectivity index (χ0v) is 10.9. The minimum Gasteiger partial charge on any atom is -0.369 e. The number of nitrogens with two attached hydrogens (primary N) is 1. The SMILES string of the molecule is CCN1CCN(c2ccc(CN)cc2)CC1C. The molecule has 1 heterocycles. The molecule has 0 amide bonds. The molecule has 0 saturated carbocycles. The smallest absolute Gasteiger partial charge is 0.0367 e. The van der Waals surface area contributed by atoms with Gasteiger partial charge in [0.2, 0.25) is 0 Å². The third-order valence-electron chi connectivity index (χ3n) is 3.71. The van der Waals surface area contributed by atoms with Crippen LogP contribution in [0.3, 0.4) is 0 Å². The maximum absolute atomic E-state index is 5.62. The average molecular weight is 233 g/mol. The number of benzene rings is 1. The van der Waals surface area contributed by atoms with Crippen molar-refractivity contribution in [2.45, 2.75) is 26.4 Å². The number of nitrogens with zero attached hydrogens (tertiary/aromatic N) is 2. The van der Waals surface area contributed by atoms with Gasteiger partial charge in [0.1, 0.15) is 0 Å². The summed E-state index contributed by atoms with van der Waals surface area (Å²) >= 11 is 0. The number of rotatable bonds is 3. The second kappa shape index (κ2) is 5.52. The zero-order valence-electron chi connectivity index (χ0n) is 10.9. The topological polar surface area (TPSA) is 32.5 Å². The summed E-state index contributed by atoms with van der Waals surface area (Å²) in [5.41, 5.74) is 8.14. The Hall–Kier alpha value is -1.06. The maximum Gasteiger partial charge on any atom is 0.0367 e. The van der Waals surface area contributed by atoms with Crippen LogP contribution in [0.15, 0.2) is 24.3 Å². The minimum absolute atomic E-state index is 0.625. The number of hydrogen-bond acceptors (Lipinski definition) is 3. The molecule has 3 heteroatoms. The van der Waals surface area contributed by atoms with Gasteiger partial charge in [-0.2, -0.15) is 0 Å². The van der Waals surface area contributed by atoms with Crippen LogP contribution in [-0.2, 0) is 6.54 Å². The van der Waals surface area contributed by atoms with Crippen molar-refractivity contribution in [3.8, 4) is 0 Å². The van der Waals surface area contributed by atoms with Gasteiger partial charge in [-0.15, -0.1) is 0 Å². The Bertz CT molecular complexity index is 347. The van der Waals surface area contributed by atoms with Gasteiger partial charge >= 0.3 is 0 Å². The predicted molar refractivity (Wildman–Crippen MR) is 73.3 cm³/mol. The maximum atomic E-state index is 5.62. The van der Waals surface area contributed by atoms with Crippen LogP contribution in [0.5, 0.6) is 0 Å². The molecule has 1 aliphatic rings. The van der Waals surface area contributed by atoms with E-state index in [1.807, 2.05) is 0 Å². The molecule has 0 aliphatic carbocycles. The lowest BCUT2D eigenvalue weighted by Crippen LogP contribution is -2.51. The van der Waals surface area contributed by atoms with Gasteiger partial charge in [-0.3, -0.25) is 4.90 Å². The van der Waals surface area contributed by atoms with Crippen LogP contribution in [0.25, 0.3) is 0 Å². The van der Waals surface area contributed by atoms with Crippen molar-refractivity contribution in [1.82, 2.24) is 4.90 Å². The highest BCUT2D eigenvalue weighted by molar-refractivity contribution is 5.48. The van der Waals surface area contributed by atoms with Gasteiger partial charge in [0, 0.05) is 37.9 Å². The van der Waals surface area contributed by atoms with E-state index in [0.29, 0.717) is 12.6 Å². The lowest BCUT2D eigenvalue weighted by atomic mass is 10.1. The molecule has 1 aliphatic heterocycles. The molecule has 1 unspecified atom stereocenters. The Balaban J connectivity index is 2.03. The van der Waals surface area contributed by atoms with Crippen LogP contribution in [0.4, 0.5) is 5.69 Å². The Morgan fingerprint density at radius 1 is 1.24 bits per heavy atom. The fraction of sp³-hybridized carbons (Fsp3) is 0.571. The van der Waals surface area contributed by atoms with Crippen LogP contribution >= 0.6 is 0 Å². The number of piperazine rings is 1. The molecule has 0 bridgehead atoms. The highest BCUT2D eigenvalue weighted by atomic mass is 15.3. The second-order valence-electron chi connectivity index (χ2n) is 4.79. The lowest BCUT2D eigenvalue weighted by Gasteiger charge is -2.40. The van der Waals surface area contributed by atoms with E-state index >= 15 is 0 Å². The molecule has 0 radical (unpaired) electrons. The Labute approximate surface area is 104 Å². The summed E-state index contributed by atoms with van der Waals surface area (Å²) in [4.78, 5) is 5.00. The van der Waals surface area contributed by atoms with E-state index in [2.05, 4.69) is 47.9 Å². The second-order valence-corrected chi connectivity index (χ2v) is 4.79. The Morgan fingerprint density at radius 2 is 1.94 bits per heavy atom. The van der Waals surface area contributed by atoms with E-state index in [1.165, 1.54) is 11.3 Å². The zero-order chi connectivity index (χ0) is 12.3. The van der Waals surface area contributed by atoms with Crippen molar-refractivity contribution in [3.63, 3.8) is 0 Å². The molecule has 1 atom stereocenters. The van der Waals surface area contributed by atoms with Crippen LogP contribution in [0.2, 0.25) is 0 Å². The van der Waals surface area contributed by atoms with Gasteiger partial charge in [-0.1, -0.05) is 19.1 Å². The van der Waals surface area contributed by atoms with Crippen molar-refractivity contribution >= 4 is 5.69 Å². The summed E-state index contributed by atoms with van der Waals surface area (Å²) < 4.78 is 0. The Kier molecular flexibility index (Phi) is 4.02. The van der Waals surface area contributed by atoms with E-state index in [0.717, 1.165) is 26.2 Å². The summed E-state index contributed by atoms with van der Waals surface area (Å²) in [6, 6.07) is 9.29. The first-order valence-electron chi connectivity index (χ1n) is 6.52. The highest BCUT2D eigenvalue weighted by Crippen LogP contribution is 2.19. The van der Waals surface area contributed by atoms with Crippen LogP contribution < -0.4 is 10.6 Å². The van der Waals surface area contributed by atoms with E-state index < -0.39 is 0 Å². The molecule has 2 rings (SSSR count). The molecule has 1 aromatic rings. The van der Waals surface area contributed by atoms with Gasteiger partial charge in [0.05, 0.1) is 0 Å². The van der Waals surface area contributed by atoms with E-state index in [-0.39, 0.29) is 0 Å². The predicted octanol–water partition coefficient (Wildman–Crippen LogP) is 1.68. The summed E-state index contributed by atoms with van der Waals surface area (Å²) in [6.07, 6.45) is 0. The van der Waals surface area contributed by atoms with Crippen molar-refractivity contribution < 1.29 is 0 Å². The molecule has 0 spiro atoms. The standard InChI is InChI=1S/C14H23N3/c1-3-16-8-9-17(11-12(16)2)14-6-4-13(10-15)5-7-14/h4-7,12H,3,8-11,15H2,1-2H3. The normalized spacial score (nSPS) is 21.8. The highest BCUT2D eigenvalue weighted by Gasteiger charge is 2.22. The third-order valence-corrected chi connectivity index (χ3v) is 3.71. The van der Waals surface area contributed by atoms with Gasteiger partial charge in [0.25, 0.3) is 0 Å². The van der Waals surface area contributed by atoms with Crippen molar-refractivity contribution in [2.24, 2.45) is 5.73 Å². The summed E-state index contributed by atoms with van der Waals surface area (Å²) in [6.45, 7) is 9.74. The van der Waals surface area contributed by atoms with E-state index in [4.69, 9.17) is 5.73 Å². The Morgan fingerprint density at radius 3 is 2.47 bits per heavy atom. The quantitative estimate of drug-likeness (QED) is 0.862. The number of anilines is 1. The summed E-state index contributed by atoms with van der Waals surface area (Å²) in [5.74, 6) is 0. The number of likely N-dealkylation sites (N-methyl/N-ethyl adjacent to an activating group) is 1. The monoisotopic (exact) mass is 233 g/mol.